The van der Waals surface area contributed by atoms with Crippen LogP contribution in [0.3, 0.4) is 0 Å². The number of halogens is 1. The summed E-state index contributed by atoms with van der Waals surface area (Å²) in [5.74, 6) is -0.362. The number of carbonyl (C=O) groups excluding carboxylic acids is 1. The second-order valence-electron chi connectivity index (χ2n) is 6.33. The highest BCUT2D eigenvalue weighted by atomic mass is 32.2. The fourth-order valence-corrected chi connectivity index (χ4v) is 4.84. The van der Waals surface area contributed by atoms with Crippen LogP contribution in [0.4, 0.5) is 9.18 Å². The molecular weight excluding hydrogens is 319 g/mol. The number of carbonyl (C=O) groups is 1. The van der Waals surface area contributed by atoms with Gasteiger partial charge in [-0.2, -0.15) is 0 Å². The Balaban J connectivity index is 2.40. The summed E-state index contributed by atoms with van der Waals surface area (Å²) in [5, 5.41) is -0.991. The molecule has 1 aromatic carbocycles. The summed E-state index contributed by atoms with van der Waals surface area (Å²) in [6.07, 6.45) is 0.663. The SMILES string of the molecule is Cc1cc(F)ccc1C1CC(S(=O)(=O)C(C)C)CCN1C(N)=O. The number of amides is 2. The highest BCUT2D eigenvalue weighted by Gasteiger charge is 2.39. The molecule has 1 fully saturated rings. The number of sulfone groups is 1. The Morgan fingerprint density at radius 3 is 2.57 bits per heavy atom. The van der Waals surface area contributed by atoms with Crippen LogP contribution in [-0.4, -0.2) is 36.4 Å². The van der Waals surface area contributed by atoms with E-state index in [-0.39, 0.29) is 18.8 Å². The van der Waals surface area contributed by atoms with Crippen molar-refractivity contribution in [3.63, 3.8) is 0 Å². The number of aryl methyl sites for hydroxylation is 1. The van der Waals surface area contributed by atoms with E-state index < -0.39 is 32.4 Å². The monoisotopic (exact) mass is 342 g/mol. The van der Waals surface area contributed by atoms with Gasteiger partial charge in [0.15, 0.2) is 9.84 Å². The summed E-state index contributed by atoms with van der Waals surface area (Å²) in [5.41, 5.74) is 6.88. The van der Waals surface area contributed by atoms with E-state index in [1.165, 1.54) is 17.0 Å². The molecule has 2 rings (SSSR count). The molecule has 0 aliphatic carbocycles. The lowest BCUT2D eigenvalue weighted by atomic mass is 9.92. The van der Waals surface area contributed by atoms with Crippen LogP contribution in [0, 0.1) is 12.7 Å². The van der Waals surface area contributed by atoms with Crippen molar-refractivity contribution in [1.29, 1.82) is 0 Å². The molecule has 2 amide bonds. The number of primary amides is 1. The first-order valence-electron chi connectivity index (χ1n) is 7.69. The van der Waals surface area contributed by atoms with Gasteiger partial charge in [-0.25, -0.2) is 17.6 Å². The number of likely N-dealkylation sites (tertiary alicyclic amines) is 1. The minimum Gasteiger partial charge on any atom is -0.351 e. The van der Waals surface area contributed by atoms with Gasteiger partial charge in [0.1, 0.15) is 5.82 Å². The van der Waals surface area contributed by atoms with E-state index in [9.17, 15) is 17.6 Å². The number of rotatable bonds is 3. The van der Waals surface area contributed by atoms with Gasteiger partial charge in [-0.1, -0.05) is 6.07 Å². The lowest BCUT2D eigenvalue weighted by Gasteiger charge is -2.39. The molecular formula is C16H23FN2O3S. The summed E-state index contributed by atoms with van der Waals surface area (Å²) < 4.78 is 38.3. The maximum Gasteiger partial charge on any atom is 0.315 e. The Kier molecular flexibility index (Phi) is 4.98. The van der Waals surface area contributed by atoms with E-state index >= 15 is 0 Å². The van der Waals surface area contributed by atoms with Crippen molar-refractivity contribution in [2.75, 3.05) is 6.54 Å². The van der Waals surface area contributed by atoms with Crippen molar-refractivity contribution >= 4 is 15.9 Å². The first-order chi connectivity index (χ1) is 10.6. The molecule has 128 valence electrons. The van der Waals surface area contributed by atoms with Crippen LogP contribution in [0.25, 0.3) is 0 Å². The quantitative estimate of drug-likeness (QED) is 0.916. The molecule has 0 saturated carbocycles. The van der Waals surface area contributed by atoms with E-state index in [1.807, 2.05) is 0 Å². The van der Waals surface area contributed by atoms with Crippen LogP contribution in [0.15, 0.2) is 18.2 Å². The van der Waals surface area contributed by atoms with Gasteiger partial charge in [0, 0.05) is 6.54 Å². The number of nitrogens with two attached hydrogens (primary N) is 1. The van der Waals surface area contributed by atoms with E-state index in [0.29, 0.717) is 12.0 Å². The minimum atomic E-state index is -3.26. The highest BCUT2D eigenvalue weighted by Crippen LogP contribution is 2.36. The fourth-order valence-electron chi connectivity index (χ4n) is 3.19. The van der Waals surface area contributed by atoms with Gasteiger partial charge in [-0.3, -0.25) is 0 Å². The standard InChI is InChI=1S/C16H23FN2O3S/c1-10(2)23(21,22)13-6-7-19(16(18)20)15(9-13)14-5-4-12(17)8-11(14)3/h4-5,8,10,13,15H,6-7,9H2,1-3H3,(H2,18,20). The number of hydrogen-bond acceptors (Lipinski definition) is 3. The van der Waals surface area contributed by atoms with Crippen LogP contribution in [0.5, 0.6) is 0 Å². The topological polar surface area (TPSA) is 80.5 Å². The van der Waals surface area contributed by atoms with Gasteiger partial charge in [-0.15, -0.1) is 0 Å². The molecule has 7 heteroatoms. The average molecular weight is 342 g/mol. The largest absolute Gasteiger partial charge is 0.351 e. The number of nitrogens with zero attached hydrogens (tertiary/aromatic N) is 1. The number of benzene rings is 1. The molecule has 2 N–H and O–H groups in total. The first-order valence-corrected chi connectivity index (χ1v) is 9.30. The minimum absolute atomic E-state index is 0.285. The van der Waals surface area contributed by atoms with Gasteiger partial charge < -0.3 is 10.6 Å². The molecule has 2 atom stereocenters. The third kappa shape index (κ3) is 3.49. The second kappa shape index (κ2) is 6.47. The molecule has 1 aromatic rings. The van der Waals surface area contributed by atoms with Gasteiger partial charge in [0.05, 0.1) is 16.5 Å². The van der Waals surface area contributed by atoms with Crippen molar-refractivity contribution in [3.8, 4) is 0 Å². The van der Waals surface area contributed by atoms with Crippen LogP contribution in [0.2, 0.25) is 0 Å². The van der Waals surface area contributed by atoms with Crippen LogP contribution in [-0.2, 0) is 9.84 Å². The Morgan fingerprint density at radius 2 is 2.04 bits per heavy atom. The molecule has 5 nitrogen and oxygen atoms in total. The third-order valence-corrected chi connectivity index (χ3v) is 7.22. The smallest absolute Gasteiger partial charge is 0.315 e. The molecule has 23 heavy (non-hydrogen) atoms. The molecule has 1 aliphatic rings. The summed E-state index contributed by atoms with van der Waals surface area (Å²) in [6, 6.07) is 3.28. The summed E-state index contributed by atoms with van der Waals surface area (Å²) >= 11 is 0. The van der Waals surface area contributed by atoms with E-state index in [1.54, 1.807) is 26.8 Å². The van der Waals surface area contributed by atoms with Crippen molar-refractivity contribution < 1.29 is 17.6 Å². The molecule has 0 bridgehead atoms. The number of piperidine rings is 1. The third-order valence-electron chi connectivity index (χ3n) is 4.55. The zero-order valence-electron chi connectivity index (χ0n) is 13.6. The number of hydrogen-bond donors (Lipinski definition) is 1. The first kappa shape index (κ1) is 17.7. The van der Waals surface area contributed by atoms with Crippen molar-refractivity contribution in [3.05, 3.63) is 35.1 Å². The summed E-state index contributed by atoms with van der Waals surface area (Å²) in [7, 11) is -3.26. The molecule has 1 heterocycles. The second-order valence-corrected chi connectivity index (χ2v) is 9.12. The van der Waals surface area contributed by atoms with Crippen molar-refractivity contribution in [2.24, 2.45) is 5.73 Å². The van der Waals surface area contributed by atoms with Gasteiger partial charge in [-0.05, 0) is 56.9 Å². The Morgan fingerprint density at radius 1 is 1.39 bits per heavy atom. The lowest BCUT2D eigenvalue weighted by molar-refractivity contribution is 0.160. The van der Waals surface area contributed by atoms with E-state index in [2.05, 4.69) is 0 Å². The van der Waals surface area contributed by atoms with Gasteiger partial charge >= 0.3 is 6.03 Å². The molecule has 0 aromatic heterocycles. The van der Waals surface area contributed by atoms with E-state index in [0.717, 1.165) is 5.56 Å². The molecule has 0 radical (unpaired) electrons. The normalized spacial score (nSPS) is 22.4. The zero-order valence-corrected chi connectivity index (χ0v) is 14.4. The Labute approximate surface area is 136 Å². The van der Waals surface area contributed by atoms with Crippen molar-refractivity contribution in [1.82, 2.24) is 4.90 Å². The maximum absolute atomic E-state index is 13.3. The molecule has 1 saturated heterocycles. The Bertz CT molecular complexity index is 703. The lowest BCUT2D eigenvalue weighted by Crippen LogP contribution is -2.48. The molecule has 0 spiro atoms. The van der Waals surface area contributed by atoms with Crippen molar-refractivity contribution in [2.45, 2.75) is 50.2 Å². The van der Waals surface area contributed by atoms with Crippen LogP contribution < -0.4 is 5.73 Å². The number of urea groups is 1. The predicted octanol–water partition coefficient (Wildman–Crippen LogP) is 2.54. The molecule has 2 unspecified atom stereocenters. The molecule has 1 aliphatic heterocycles. The highest BCUT2D eigenvalue weighted by molar-refractivity contribution is 7.92. The maximum atomic E-state index is 13.3. The summed E-state index contributed by atoms with van der Waals surface area (Å²) in [4.78, 5) is 13.2. The summed E-state index contributed by atoms with van der Waals surface area (Å²) in [6.45, 7) is 5.35. The van der Waals surface area contributed by atoms with Crippen LogP contribution >= 0.6 is 0 Å². The van der Waals surface area contributed by atoms with Gasteiger partial charge in [0.25, 0.3) is 0 Å². The fraction of sp³-hybridized carbons (Fsp3) is 0.562. The van der Waals surface area contributed by atoms with Crippen LogP contribution in [0.1, 0.15) is 43.9 Å². The average Bonchev–Trinajstić information content (AvgIpc) is 2.46. The Hall–Kier alpha value is -1.63. The van der Waals surface area contributed by atoms with E-state index in [4.69, 9.17) is 5.73 Å². The predicted molar refractivity (Wildman–Crippen MR) is 87.2 cm³/mol. The zero-order chi connectivity index (χ0) is 17.4. The van der Waals surface area contributed by atoms with Gasteiger partial charge in [0.2, 0.25) is 0 Å².